The van der Waals surface area contributed by atoms with Crippen molar-refractivity contribution in [1.82, 2.24) is 9.78 Å². The molecule has 2 aromatic heterocycles. The van der Waals surface area contributed by atoms with Gasteiger partial charge >= 0.3 is 27.0 Å². The van der Waals surface area contributed by atoms with E-state index >= 15 is 0 Å². The van der Waals surface area contributed by atoms with Gasteiger partial charge in [0, 0.05) is 18.3 Å². The third kappa shape index (κ3) is 4.95. The van der Waals surface area contributed by atoms with Crippen LogP contribution in [0.15, 0.2) is 30.7 Å². The number of non-ortho nitro benzene ring substituents is 1. The Labute approximate surface area is 166 Å². The number of nitriles is 1. The fourth-order valence-electron chi connectivity index (χ4n) is 2.14. The van der Waals surface area contributed by atoms with Crippen molar-refractivity contribution in [3.63, 3.8) is 0 Å². The standard InChI is InChI=1S/C13H5ClFN5O3.CH3.3O.Re/c14-10-2-9(20(22)23)1-7(3-16)13(10)19-5-8-4-18(21)6-11(15)12(8)17-19;;;;;/h1-2,4-6H;1H3;;;;/q;-1;;;;. The summed E-state index contributed by atoms with van der Waals surface area (Å²) in [7, 11) is 0. The third-order valence-electron chi connectivity index (χ3n) is 3.08. The molecule has 0 aliphatic rings. The van der Waals surface area contributed by atoms with E-state index in [1.165, 1.54) is 6.20 Å². The summed E-state index contributed by atoms with van der Waals surface area (Å²) >= 11 is 1.80. The van der Waals surface area contributed by atoms with Gasteiger partial charge < -0.3 is 12.6 Å². The van der Waals surface area contributed by atoms with Gasteiger partial charge in [-0.15, -0.1) is 0 Å². The molecule has 11 nitrogen and oxygen atoms in total. The summed E-state index contributed by atoms with van der Waals surface area (Å²) in [6.07, 6.45) is 3.12. The Balaban J connectivity index is 0.000000717. The van der Waals surface area contributed by atoms with Crippen molar-refractivity contribution >= 4 is 28.2 Å². The number of hydrogen-bond donors (Lipinski definition) is 0. The van der Waals surface area contributed by atoms with E-state index in [1.807, 2.05) is 0 Å². The molecule has 0 fully saturated rings. The first-order valence-electron chi connectivity index (χ1n) is 6.53. The second kappa shape index (κ2) is 9.14. The number of rotatable bonds is 2. The van der Waals surface area contributed by atoms with E-state index in [9.17, 15) is 25.0 Å². The molecule has 0 spiro atoms. The molecule has 0 atom stereocenters. The topological polar surface area (TPSA) is 163 Å². The fraction of sp³-hybridized carbons (Fsp3) is 0. The van der Waals surface area contributed by atoms with E-state index in [4.69, 9.17) is 22.0 Å². The number of hydrogen-bond acceptors (Lipinski definition) is 8. The van der Waals surface area contributed by atoms with E-state index in [1.54, 1.807) is 6.07 Å². The molecule has 0 radical (unpaired) electrons. The van der Waals surface area contributed by atoms with Gasteiger partial charge in [0.2, 0.25) is 12.0 Å². The summed E-state index contributed by atoms with van der Waals surface area (Å²) in [6, 6.07) is 3.89. The van der Waals surface area contributed by atoms with Crippen LogP contribution in [-0.4, -0.2) is 14.7 Å². The molecule has 1 aromatic carbocycles. The van der Waals surface area contributed by atoms with E-state index in [0.717, 1.165) is 23.0 Å². The average Bonchev–Trinajstić information content (AvgIpc) is 2.96. The van der Waals surface area contributed by atoms with Gasteiger partial charge in [-0.2, -0.15) is 19.5 Å². The van der Waals surface area contributed by atoms with E-state index < -0.39 is 27.4 Å². The van der Waals surface area contributed by atoms with Crippen molar-refractivity contribution in [2.24, 2.45) is 0 Å². The molecule has 0 aliphatic carbocycles. The monoisotopic (exact) mass is 583 g/mol. The van der Waals surface area contributed by atoms with Crippen LogP contribution in [-0.2, 0) is 27.0 Å². The molecule has 3 aromatic rings. The van der Waals surface area contributed by atoms with Crippen molar-refractivity contribution < 1.29 is 41.1 Å². The first-order valence-corrected chi connectivity index (χ1v) is 10.2. The molecule has 14 heteroatoms. The van der Waals surface area contributed by atoms with Crippen LogP contribution in [0.3, 0.4) is 0 Å². The molecule has 0 saturated heterocycles. The van der Waals surface area contributed by atoms with Crippen LogP contribution < -0.4 is 4.73 Å². The van der Waals surface area contributed by atoms with Crippen LogP contribution in [0.25, 0.3) is 16.6 Å². The zero-order valence-electron chi connectivity index (χ0n) is 13.7. The van der Waals surface area contributed by atoms with E-state index in [2.05, 4.69) is 5.10 Å². The van der Waals surface area contributed by atoms with Crippen LogP contribution in [0, 0.1) is 39.9 Å². The Morgan fingerprint density at radius 2 is 1.93 bits per heavy atom. The molecule has 0 N–H and O–H groups in total. The van der Waals surface area contributed by atoms with Gasteiger partial charge in [0.25, 0.3) is 5.69 Å². The van der Waals surface area contributed by atoms with Gasteiger partial charge in [0.1, 0.15) is 17.3 Å². The van der Waals surface area contributed by atoms with Gasteiger partial charge in [-0.25, -0.2) is 4.68 Å². The Kier molecular flexibility index (Phi) is 7.46. The fourth-order valence-corrected chi connectivity index (χ4v) is 2.44. The van der Waals surface area contributed by atoms with Crippen LogP contribution in [0.1, 0.15) is 5.56 Å². The first kappa shape index (κ1) is 22.9. The van der Waals surface area contributed by atoms with Crippen LogP contribution in [0.2, 0.25) is 5.02 Å². The number of fused-ring (bicyclic) bond motifs is 1. The number of nitro groups is 1. The van der Waals surface area contributed by atoms with Gasteiger partial charge in [0.05, 0.1) is 20.9 Å². The quantitative estimate of drug-likeness (QED) is 0.146. The zero-order valence-corrected chi connectivity index (χ0v) is 17.2. The minimum absolute atomic E-state index is 0. The maximum atomic E-state index is 13.7. The second-order valence-electron chi connectivity index (χ2n) is 4.73. The number of aromatic nitrogens is 3. The number of halogens is 2. The molecule has 147 valence electrons. The normalized spacial score (nSPS) is 9.61. The molecule has 28 heavy (non-hydrogen) atoms. The summed E-state index contributed by atoms with van der Waals surface area (Å²) in [5.41, 5.74) is -0.480. The van der Waals surface area contributed by atoms with Crippen molar-refractivity contribution in [3.8, 4) is 11.8 Å². The van der Waals surface area contributed by atoms with Gasteiger partial charge in [-0.3, -0.25) is 10.1 Å². The molecule has 3 rings (SSSR count). The summed E-state index contributed by atoms with van der Waals surface area (Å²) in [4.78, 5) is 10.1. The molecular weight excluding hydrogens is 575 g/mol. The maximum absolute atomic E-state index is 13.7. The van der Waals surface area contributed by atoms with Crippen molar-refractivity contribution in [2.75, 3.05) is 0 Å². The predicted molar refractivity (Wildman–Crippen MR) is 84.8 cm³/mol. The molecule has 0 aliphatic heterocycles. The van der Waals surface area contributed by atoms with Crippen LogP contribution >= 0.6 is 11.6 Å². The zero-order chi connectivity index (χ0) is 20.3. The van der Waals surface area contributed by atoms with Gasteiger partial charge in [0.15, 0.2) is 6.20 Å². The van der Waals surface area contributed by atoms with Crippen molar-refractivity contribution in [2.45, 2.75) is 0 Å². The Bertz CT molecular complexity index is 1220. The van der Waals surface area contributed by atoms with E-state index in [-0.39, 0.29) is 45.0 Å². The molecule has 2 heterocycles. The Morgan fingerprint density at radius 1 is 1.32 bits per heavy atom. The summed E-state index contributed by atoms with van der Waals surface area (Å²) < 4.78 is 40.9. The average molecular weight is 583 g/mol. The molecule has 0 saturated carbocycles. The molecule has 0 bridgehead atoms. The number of pyridine rings is 1. The third-order valence-corrected chi connectivity index (χ3v) is 3.37. The number of nitro benzene ring substituents is 1. The number of benzene rings is 1. The SMILES string of the molecule is N#Cc1cc([N+](=O)[O-])cc(Cl)c1-n1cc2c[n+]([O-])cc(F)c2n1.[CH3-].[O]=[Re](=[O])=[O]. The van der Waals surface area contributed by atoms with Crippen molar-refractivity contribution in [1.29, 1.82) is 5.26 Å². The van der Waals surface area contributed by atoms with Gasteiger partial charge in [-0.1, -0.05) is 11.6 Å². The summed E-state index contributed by atoms with van der Waals surface area (Å²) in [5.74, 6) is -0.840. The summed E-state index contributed by atoms with van der Waals surface area (Å²) in [5, 5.41) is 35.3. The predicted octanol–water partition coefficient (Wildman–Crippen LogP) is 2.32. The molecular formula is C14H8ClFN5O6Re-. The second-order valence-corrected chi connectivity index (χ2v) is 6.49. The van der Waals surface area contributed by atoms with Crippen LogP contribution in [0.4, 0.5) is 10.1 Å². The Morgan fingerprint density at radius 3 is 2.46 bits per heavy atom. The summed E-state index contributed by atoms with van der Waals surface area (Å²) in [6.45, 7) is 0. The van der Waals surface area contributed by atoms with Crippen molar-refractivity contribution in [3.05, 3.63) is 69.9 Å². The molecule has 0 unspecified atom stereocenters. The minimum atomic E-state index is -4.21. The number of nitrogens with zero attached hydrogens (tertiary/aromatic N) is 5. The van der Waals surface area contributed by atoms with E-state index in [0.29, 0.717) is 6.20 Å². The van der Waals surface area contributed by atoms with Gasteiger partial charge in [-0.05, 0) is 0 Å². The first-order chi connectivity index (χ1) is 12.6. The molecule has 0 amide bonds. The van der Waals surface area contributed by atoms with Crippen LogP contribution in [0.5, 0.6) is 0 Å². The Hall–Kier alpha value is -3.19.